The Labute approximate surface area is 200 Å². The zero-order chi connectivity index (χ0) is 22.3. The van der Waals surface area contributed by atoms with Crippen LogP contribution in [0, 0.1) is 10.1 Å². The van der Waals surface area contributed by atoms with E-state index in [4.69, 9.17) is 15.3 Å². The minimum absolute atomic E-state index is 0. The Morgan fingerprint density at radius 3 is 1.00 bits per heavy atom. The van der Waals surface area contributed by atoms with E-state index in [0.29, 0.717) is 0 Å². The molecule has 8 nitrogen and oxygen atoms in total. The first-order valence-corrected chi connectivity index (χ1v) is 9.64. The predicted octanol–water partition coefficient (Wildman–Crippen LogP) is 4.28. The van der Waals surface area contributed by atoms with Crippen LogP contribution < -0.4 is 20.9 Å². The average molecular weight is 487 g/mol. The SMILES string of the molecule is C1=C[N-]c2c3c(ccc2=C1)=CC=C[N-]3.C1=C[N-]c2c3c(ccc2=C1)=CC=C[N-]3.O=[N+]([O-])O.[Cu+2]. The average Bonchev–Trinajstić information content (AvgIpc) is 2.84. The smallest absolute Gasteiger partial charge is 0.665 e. The van der Waals surface area contributed by atoms with Gasteiger partial charge >= 0.3 is 17.1 Å². The van der Waals surface area contributed by atoms with Crippen molar-refractivity contribution in [1.82, 2.24) is 0 Å². The van der Waals surface area contributed by atoms with Crippen molar-refractivity contribution in [2.45, 2.75) is 0 Å². The van der Waals surface area contributed by atoms with E-state index in [2.05, 4.69) is 69.8 Å². The molecule has 4 heterocycles. The molecule has 2 aromatic carbocycles. The van der Waals surface area contributed by atoms with Gasteiger partial charge in [-0.1, -0.05) is 72.9 Å². The fourth-order valence-electron chi connectivity index (χ4n) is 3.36. The molecule has 4 aliphatic heterocycles. The van der Waals surface area contributed by atoms with Crippen molar-refractivity contribution < 1.29 is 27.4 Å². The van der Waals surface area contributed by atoms with Gasteiger partial charge in [0, 0.05) is 0 Å². The van der Waals surface area contributed by atoms with Crippen molar-refractivity contribution in [2.24, 2.45) is 0 Å². The van der Waals surface area contributed by atoms with E-state index in [1.54, 1.807) is 24.8 Å². The summed E-state index contributed by atoms with van der Waals surface area (Å²) in [6.07, 6.45) is 23.2. The van der Waals surface area contributed by atoms with Crippen molar-refractivity contribution in [2.75, 3.05) is 0 Å². The van der Waals surface area contributed by atoms with Gasteiger partial charge in [0.25, 0.3) is 5.09 Å². The molecule has 1 N–H and O–H groups in total. The zero-order valence-corrected chi connectivity index (χ0v) is 18.0. The maximum atomic E-state index is 8.36. The normalized spacial score (nSPS) is 13.8. The van der Waals surface area contributed by atoms with Gasteiger partial charge < -0.3 is 26.5 Å². The summed E-state index contributed by atoms with van der Waals surface area (Å²) in [7, 11) is 0. The van der Waals surface area contributed by atoms with Crippen LogP contribution in [0.2, 0.25) is 0 Å². The van der Waals surface area contributed by atoms with Crippen molar-refractivity contribution in [1.29, 1.82) is 0 Å². The first kappa shape index (κ1) is 23.5. The molecule has 4 aliphatic rings. The van der Waals surface area contributed by atoms with Gasteiger partial charge in [-0.15, -0.1) is 32.9 Å². The molecule has 33 heavy (non-hydrogen) atoms. The van der Waals surface area contributed by atoms with E-state index in [-0.39, 0.29) is 17.1 Å². The summed E-state index contributed by atoms with van der Waals surface area (Å²) in [5, 5.41) is 35.6. The molecule has 169 valence electrons. The molecule has 0 fully saturated rings. The summed E-state index contributed by atoms with van der Waals surface area (Å²) in [5.41, 5.74) is 3.91. The molecule has 0 aliphatic carbocycles. The molecule has 0 amide bonds. The maximum absolute atomic E-state index is 8.36. The Hall–Kier alpha value is -4.20. The van der Waals surface area contributed by atoms with Gasteiger partial charge in [0.15, 0.2) is 0 Å². The molecule has 0 saturated carbocycles. The van der Waals surface area contributed by atoms with E-state index in [9.17, 15) is 0 Å². The molecular weight excluding hydrogens is 470 g/mol. The van der Waals surface area contributed by atoms with Crippen LogP contribution >= 0.6 is 0 Å². The third-order valence-corrected chi connectivity index (χ3v) is 4.69. The van der Waals surface area contributed by atoms with Gasteiger partial charge in [-0.2, -0.15) is 24.8 Å². The fraction of sp³-hybridized carbons (Fsp3) is 0. The van der Waals surface area contributed by atoms with Crippen molar-refractivity contribution >= 4 is 47.1 Å². The Morgan fingerprint density at radius 1 is 0.576 bits per heavy atom. The van der Waals surface area contributed by atoms with Crippen molar-refractivity contribution in [3.05, 3.63) is 126 Å². The Balaban J connectivity index is 0.000000156. The minimum Gasteiger partial charge on any atom is -0.665 e. The molecule has 0 spiro atoms. The third-order valence-electron chi connectivity index (χ3n) is 4.69. The zero-order valence-electron chi connectivity index (χ0n) is 17.0. The number of rotatable bonds is 0. The molecule has 0 saturated heterocycles. The van der Waals surface area contributed by atoms with Crippen LogP contribution in [-0.2, 0) is 17.1 Å². The van der Waals surface area contributed by atoms with Gasteiger partial charge in [0.2, 0.25) is 0 Å². The van der Waals surface area contributed by atoms with Gasteiger partial charge in [0.05, 0.1) is 0 Å². The van der Waals surface area contributed by atoms with Gasteiger partial charge in [0.1, 0.15) is 0 Å². The summed E-state index contributed by atoms with van der Waals surface area (Å²) >= 11 is 0. The number of hydrogen-bond acceptors (Lipinski definition) is 2. The number of nitrogens with zero attached hydrogens (tertiary/aromatic N) is 5. The molecule has 1 radical (unpaired) electrons. The Morgan fingerprint density at radius 2 is 0.788 bits per heavy atom. The molecule has 0 atom stereocenters. The Kier molecular flexibility index (Phi) is 7.75. The number of allylic oxidation sites excluding steroid dienone is 4. The summed E-state index contributed by atoms with van der Waals surface area (Å²) < 4.78 is 0. The summed E-state index contributed by atoms with van der Waals surface area (Å²) in [6.45, 7) is 0. The number of hydrogen-bond donors (Lipinski definition) is 1. The topological polar surface area (TPSA) is 120 Å². The summed E-state index contributed by atoms with van der Waals surface area (Å²) in [6, 6.07) is 8.30. The summed E-state index contributed by atoms with van der Waals surface area (Å²) in [5.74, 6) is 0. The van der Waals surface area contributed by atoms with Crippen LogP contribution in [0.1, 0.15) is 0 Å². The van der Waals surface area contributed by atoms with E-state index in [1.165, 1.54) is 0 Å². The van der Waals surface area contributed by atoms with E-state index in [0.717, 1.165) is 43.6 Å². The maximum Gasteiger partial charge on any atom is 2.00 e. The predicted molar refractivity (Wildman–Crippen MR) is 127 cm³/mol. The standard InChI is InChI=1S/2C12H8N2.Cu.HNO3/c2*1-3-9-5-6-10-4-2-8-14-12(10)11(9)13-7-1;;2-1(3)4/h2*1-8H;;(H,2,3,4)/q2*-2;+2;. The van der Waals surface area contributed by atoms with Crippen LogP contribution in [0.25, 0.3) is 45.6 Å². The Bertz CT molecular complexity index is 1220. The molecule has 0 unspecified atom stereocenters. The second-order valence-corrected chi connectivity index (χ2v) is 6.67. The molecule has 9 heteroatoms. The van der Waals surface area contributed by atoms with Crippen LogP contribution in [0.5, 0.6) is 0 Å². The van der Waals surface area contributed by atoms with Crippen LogP contribution in [0.4, 0.5) is 22.7 Å². The van der Waals surface area contributed by atoms with Gasteiger partial charge in [-0.05, 0) is 20.9 Å². The first-order valence-electron chi connectivity index (χ1n) is 9.64. The number of fused-ring (bicyclic) bond motifs is 6. The van der Waals surface area contributed by atoms with E-state index >= 15 is 0 Å². The van der Waals surface area contributed by atoms with Gasteiger partial charge in [-0.3, -0.25) is 0 Å². The fourth-order valence-corrected chi connectivity index (χ4v) is 3.36. The molecular formula is C24H17CuN5O3-2. The second kappa shape index (κ2) is 10.9. The number of benzene rings is 2. The van der Waals surface area contributed by atoms with Crippen LogP contribution in [0.15, 0.2) is 73.4 Å². The molecule has 0 aromatic heterocycles. The van der Waals surface area contributed by atoms with Crippen molar-refractivity contribution in [3.8, 4) is 0 Å². The summed E-state index contributed by atoms with van der Waals surface area (Å²) in [4.78, 5) is 8.36. The van der Waals surface area contributed by atoms with Crippen LogP contribution in [0.3, 0.4) is 0 Å². The largest absolute Gasteiger partial charge is 2.00 e. The third kappa shape index (κ3) is 5.54. The molecule has 0 bridgehead atoms. The van der Waals surface area contributed by atoms with E-state index < -0.39 is 5.09 Å². The van der Waals surface area contributed by atoms with Crippen LogP contribution in [-0.4, -0.2) is 10.3 Å². The molecule has 2 aromatic rings. The van der Waals surface area contributed by atoms with Crippen molar-refractivity contribution in [3.63, 3.8) is 0 Å². The quantitative estimate of drug-likeness (QED) is 0.340. The minimum atomic E-state index is -1.50. The van der Waals surface area contributed by atoms with Gasteiger partial charge in [-0.25, -0.2) is 0 Å². The monoisotopic (exact) mass is 486 g/mol. The first-order chi connectivity index (χ1) is 15.6. The molecule has 6 rings (SSSR count). The second-order valence-electron chi connectivity index (χ2n) is 6.67. The van der Waals surface area contributed by atoms with E-state index in [1.807, 2.05) is 24.3 Å².